The molecule has 0 spiro atoms. The molecule has 1 aliphatic carbocycles. The summed E-state index contributed by atoms with van der Waals surface area (Å²) in [5.41, 5.74) is 4.72. The minimum Gasteiger partial charge on any atom is -0.0979 e. The van der Waals surface area contributed by atoms with E-state index in [0.717, 1.165) is 34.9 Å². The highest BCUT2D eigenvalue weighted by atomic mass is 14.3. The Morgan fingerprint density at radius 3 is 1.80 bits per heavy atom. The van der Waals surface area contributed by atoms with Crippen LogP contribution in [0.2, 0.25) is 0 Å². The predicted molar refractivity (Wildman–Crippen MR) is 129 cm³/mol. The molecule has 3 rings (SSSR count). The van der Waals surface area contributed by atoms with Crippen molar-refractivity contribution in [2.24, 2.45) is 5.92 Å². The van der Waals surface area contributed by atoms with E-state index in [-0.39, 0.29) is 0 Å². The Morgan fingerprint density at radius 2 is 1.23 bits per heavy atom. The molecule has 0 heteroatoms. The fourth-order valence-corrected chi connectivity index (χ4v) is 4.33. The molecule has 30 heavy (non-hydrogen) atoms. The van der Waals surface area contributed by atoms with Crippen molar-refractivity contribution in [3.8, 4) is 23.7 Å². The van der Waals surface area contributed by atoms with Crippen LogP contribution in [0.25, 0.3) is 0 Å². The first kappa shape index (κ1) is 22.2. The molecule has 1 saturated carbocycles. The van der Waals surface area contributed by atoms with Gasteiger partial charge in [0.15, 0.2) is 0 Å². The lowest BCUT2D eigenvalue weighted by molar-refractivity contribution is 0.319. The molecule has 2 aromatic rings. The van der Waals surface area contributed by atoms with Crippen molar-refractivity contribution < 1.29 is 0 Å². The molecule has 0 atom stereocenters. The molecule has 0 N–H and O–H groups in total. The lowest BCUT2D eigenvalue weighted by Gasteiger charge is -2.28. The molecule has 2 aromatic carbocycles. The monoisotopic (exact) mass is 396 g/mol. The standard InChI is InChI=1S/C30H36/c1-3-5-6-7-8-9-10-26-11-13-27(14-12-26)15-16-28-19-23-30(24-20-28)29-21-17-25(4-2)18-22-29/h11-14,19-20,23-25,29H,3-8,17-18,21-22H2,1-2H3. The predicted octanol–water partition coefficient (Wildman–Crippen LogP) is 8.09. The summed E-state index contributed by atoms with van der Waals surface area (Å²) in [4.78, 5) is 0. The second kappa shape index (κ2) is 12.3. The first-order valence-electron chi connectivity index (χ1n) is 12.0. The van der Waals surface area contributed by atoms with Gasteiger partial charge in [-0.1, -0.05) is 75.3 Å². The van der Waals surface area contributed by atoms with Gasteiger partial charge in [0, 0.05) is 23.1 Å². The van der Waals surface area contributed by atoms with Crippen LogP contribution in [-0.4, -0.2) is 0 Å². The van der Waals surface area contributed by atoms with Crippen molar-refractivity contribution in [3.05, 3.63) is 70.8 Å². The van der Waals surface area contributed by atoms with Gasteiger partial charge >= 0.3 is 0 Å². The summed E-state index contributed by atoms with van der Waals surface area (Å²) in [6.07, 6.45) is 12.9. The highest BCUT2D eigenvalue weighted by Crippen LogP contribution is 2.36. The van der Waals surface area contributed by atoms with E-state index in [1.807, 2.05) is 0 Å². The van der Waals surface area contributed by atoms with E-state index < -0.39 is 0 Å². The second-order valence-electron chi connectivity index (χ2n) is 8.69. The maximum Gasteiger partial charge on any atom is 0.0249 e. The van der Waals surface area contributed by atoms with Crippen molar-refractivity contribution in [3.63, 3.8) is 0 Å². The molecule has 1 aliphatic rings. The summed E-state index contributed by atoms with van der Waals surface area (Å²) in [5, 5.41) is 0. The van der Waals surface area contributed by atoms with Gasteiger partial charge in [-0.05, 0) is 85.9 Å². The number of hydrogen-bond acceptors (Lipinski definition) is 0. The molecule has 0 unspecified atom stereocenters. The molecule has 0 amide bonds. The third-order valence-corrected chi connectivity index (χ3v) is 6.43. The van der Waals surface area contributed by atoms with Gasteiger partial charge in [0.2, 0.25) is 0 Å². The number of hydrogen-bond donors (Lipinski definition) is 0. The van der Waals surface area contributed by atoms with Crippen molar-refractivity contribution in [2.45, 2.75) is 84.0 Å². The van der Waals surface area contributed by atoms with Crippen LogP contribution in [0.3, 0.4) is 0 Å². The molecule has 0 heterocycles. The average molecular weight is 397 g/mol. The van der Waals surface area contributed by atoms with Crippen LogP contribution in [0.5, 0.6) is 0 Å². The Hall–Kier alpha value is -2.44. The fourth-order valence-electron chi connectivity index (χ4n) is 4.33. The van der Waals surface area contributed by atoms with Gasteiger partial charge in [-0.25, -0.2) is 0 Å². The maximum absolute atomic E-state index is 3.31. The van der Waals surface area contributed by atoms with Crippen LogP contribution >= 0.6 is 0 Å². The van der Waals surface area contributed by atoms with Crippen molar-refractivity contribution in [1.82, 2.24) is 0 Å². The molecule has 1 fully saturated rings. The van der Waals surface area contributed by atoms with E-state index in [4.69, 9.17) is 0 Å². The normalized spacial score (nSPS) is 18.1. The van der Waals surface area contributed by atoms with E-state index >= 15 is 0 Å². The zero-order valence-electron chi connectivity index (χ0n) is 18.8. The first-order valence-corrected chi connectivity index (χ1v) is 12.0. The molecule has 0 aromatic heterocycles. The molecule has 0 radical (unpaired) electrons. The Balaban J connectivity index is 1.51. The van der Waals surface area contributed by atoms with E-state index in [9.17, 15) is 0 Å². The third-order valence-electron chi connectivity index (χ3n) is 6.43. The summed E-state index contributed by atoms with van der Waals surface area (Å²) in [5.74, 6) is 14.9. The second-order valence-corrected chi connectivity index (χ2v) is 8.69. The molecular weight excluding hydrogens is 360 g/mol. The summed E-state index contributed by atoms with van der Waals surface area (Å²) in [6.45, 7) is 4.57. The largest absolute Gasteiger partial charge is 0.0979 e. The average Bonchev–Trinajstić information content (AvgIpc) is 2.81. The number of benzene rings is 2. The lowest BCUT2D eigenvalue weighted by Crippen LogP contribution is -2.12. The third kappa shape index (κ3) is 7.11. The van der Waals surface area contributed by atoms with Gasteiger partial charge in [-0.2, -0.15) is 0 Å². The maximum atomic E-state index is 3.31. The fraction of sp³-hybridized carbons (Fsp3) is 0.467. The zero-order chi connectivity index (χ0) is 21.0. The van der Waals surface area contributed by atoms with Crippen molar-refractivity contribution in [1.29, 1.82) is 0 Å². The SMILES string of the molecule is CCCCCCC#Cc1ccc(C#Cc2ccc(C3CCC(CC)CC3)cc2)cc1. The lowest BCUT2D eigenvalue weighted by atomic mass is 9.78. The Kier molecular flexibility index (Phi) is 9.12. The molecule has 156 valence electrons. The topological polar surface area (TPSA) is 0 Å². The Labute approximate surface area is 184 Å². The zero-order valence-corrected chi connectivity index (χ0v) is 18.8. The molecule has 0 nitrogen and oxygen atoms in total. The van der Waals surface area contributed by atoms with Crippen molar-refractivity contribution in [2.75, 3.05) is 0 Å². The summed E-state index contributed by atoms with van der Waals surface area (Å²) < 4.78 is 0. The Bertz CT molecular complexity index is 870. The van der Waals surface area contributed by atoms with E-state index in [1.54, 1.807) is 0 Å². The van der Waals surface area contributed by atoms with Gasteiger partial charge < -0.3 is 0 Å². The minimum atomic E-state index is 0.745. The van der Waals surface area contributed by atoms with Crippen LogP contribution < -0.4 is 0 Å². The first-order chi connectivity index (χ1) is 14.8. The van der Waals surface area contributed by atoms with Gasteiger partial charge in [0.25, 0.3) is 0 Å². The summed E-state index contributed by atoms with van der Waals surface area (Å²) in [7, 11) is 0. The highest BCUT2D eigenvalue weighted by Gasteiger charge is 2.20. The summed E-state index contributed by atoms with van der Waals surface area (Å²) >= 11 is 0. The smallest absolute Gasteiger partial charge is 0.0249 e. The number of rotatable bonds is 6. The van der Waals surface area contributed by atoms with Crippen molar-refractivity contribution >= 4 is 0 Å². The van der Waals surface area contributed by atoms with Gasteiger partial charge in [0.1, 0.15) is 0 Å². The van der Waals surface area contributed by atoms with Gasteiger partial charge in [0.05, 0.1) is 0 Å². The Morgan fingerprint density at radius 1 is 0.667 bits per heavy atom. The number of unbranched alkanes of at least 4 members (excludes halogenated alkanes) is 4. The highest BCUT2D eigenvalue weighted by molar-refractivity contribution is 5.46. The molecule has 0 bridgehead atoms. The van der Waals surface area contributed by atoms with Gasteiger partial charge in [-0.3, -0.25) is 0 Å². The van der Waals surface area contributed by atoms with E-state index in [1.165, 1.54) is 63.4 Å². The van der Waals surface area contributed by atoms with Crippen LogP contribution in [0.1, 0.15) is 106 Å². The minimum absolute atomic E-state index is 0.745. The molecule has 0 saturated heterocycles. The van der Waals surface area contributed by atoms with Crippen LogP contribution in [0.15, 0.2) is 48.5 Å². The van der Waals surface area contributed by atoms with Crippen LogP contribution in [-0.2, 0) is 0 Å². The van der Waals surface area contributed by atoms with Crippen LogP contribution in [0.4, 0.5) is 0 Å². The molecule has 0 aliphatic heterocycles. The van der Waals surface area contributed by atoms with E-state index in [0.29, 0.717) is 0 Å². The van der Waals surface area contributed by atoms with E-state index in [2.05, 4.69) is 86.1 Å². The molecular formula is C30H36. The summed E-state index contributed by atoms with van der Waals surface area (Å²) in [6, 6.07) is 17.3. The van der Waals surface area contributed by atoms with Gasteiger partial charge in [-0.15, -0.1) is 0 Å². The quantitative estimate of drug-likeness (QED) is 0.342. The van der Waals surface area contributed by atoms with Crippen LogP contribution in [0, 0.1) is 29.6 Å².